The summed E-state index contributed by atoms with van der Waals surface area (Å²) in [7, 11) is 0. The molecule has 104 valence electrons. The molecule has 1 aliphatic rings. The molecule has 2 heterocycles. The topological polar surface area (TPSA) is 86.5 Å². The van der Waals surface area contributed by atoms with E-state index in [-0.39, 0.29) is 11.8 Å². The van der Waals surface area contributed by atoms with Crippen molar-refractivity contribution in [1.82, 2.24) is 4.98 Å². The Morgan fingerprint density at radius 1 is 1.63 bits per heavy atom. The van der Waals surface area contributed by atoms with Crippen molar-refractivity contribution in [1.29, 1.82) is 0 Å². The summed E-state index contributed by atoms with van der Waals surface area (Å²) < 4.78 is 11.4. The van der Waals surface area contributed by atoms with Gasteiger partial charge in [-0.25, -0.2) is 4.98 Å². The molecule has 1 aromatic heterocycles. The summed E-state index contributed by atoms with van der Waals surface area (Å²) in [6, 6.07) is 0. The molecule has 0 bridgehead atoms. The Morgan fingerprint density at radius 2 is 2.42 bits per heavy atom. The maximum Gasteiger partial charge on any atom is 0.291 e. The van der Waals surface area contributed by atoms with E-state index in [1.807, 2.05) is 0 Å². The molecular weight excluding hydrogens is 318 g/mol. The Kier molecular flexibility index (Phi) is 4.67. The molecule has 1 aliphatic heterocycles. The second kappa shape index (κ2) is 6.27. The Balaban J connectivity index is 2.04. The zero-order valence-corrected chi connectivity index (χ0v) is 12.0. The number of ether oxygens (including phenoxy) is 2. The van der Waals surface area contributed by atoms with Crippen molar-refractivity contribution in [3.05, 3.63) is 26.3 Å². The van der Waals surface area contributed by atoms with Crippen LogP contribution in [0.3, 0.4) is 0 Å². The number of rotatable bonds is 4. The number of nitro groups is 1. The number of hydrogen-bond donors (Lipinski definition) is 1. The third-order valence-corrected chi connectivity index (χ3v) is 3.79. The number of hydrogen-bond acceptors (Lipinski definition) is 6. The molecule has 0 aliphatic carbocycles. The Labute approximate surface area is 118 Å². The van der Waals surface area contributed by atoms with E-state index in [0.29, 0.717) is 42.2 Å². The maximum atomic E-state index is 10.8. The number of aromatic nitrogens is 1. The highest BCUT2D eigenvalue weighted by Crippen LogP contribution is 2.30. The molecule has 0 saturated carbocycles. The van der Waals surface area contributed by atoms with Crippen molar-refractivity contribution >= 4 is 27.4 Å². The van der Waals surface area contributed by atoms with Crippen LogP contribution in [0.4, 0.5) is 11.5 Å². The minimum absolute atomic E-state index is 0.00493. The first kappa shape index (κ1) is 14.2. The summed E-state index contributed by atoms with van der Waals surface area (Å²) in [5.74, 6) is 0.567. The monoisotopic (exact) mass is 331 g/mol. The van der Waals surface area contributed by atoms with Gasteiger partial charge in [0.1, 0.15) is 12.0 Å². The lowest BCUT2D eigenvalue weighted by molar-refractivity contribution is -0.385. The maximum absolute atomic E-state index is 10.8. The van der Waals surface area contributed by atoms with Gasteiger partial charge in [-0.05, 0) is 22.9 Å². The van der Waals surface area contributed by atoms with Crippen LogP contribution in [0.15, 0.2) is 10.7 Å². The number of nitrogens with zero attached hydrogens (tertiary/aromatic N) is 2. The van der Waals surface area contributed by atoms with E-state index in [4.69, 9.17) is 9.47 Å². The molecule has 7 nitrogen and oxygen atoms in total. The highest BCUT2D eigenvalue weighted by atomic mass is 79.9. The second-order valence-electron chi connectivity index (χ2n) is 4.14. The van der Waals surface area contributed by atoms with Gasteiger partial charge in [-0.3, -0.25) is 10.1 Å². The highest BCUT2D eigenvalue weighted by Gasteiger charge is 2.19. The highest BCUT2D eigenvalue weighted by molar-refractivity contribution is 9.10. The fourth-order valence-electron chi connectivity index (χ4n) is 1.74. The lowest BCUT2D eigenvalue weighted by Gasteiger charge is -2.23. The molecule has 2 rings (SSSR count). The molecule has 1 atom stereocenters. The molecule has 1 unspecified atom stereocenters. The third-order valence-electron chi connectivity index (χ3n) is 2.82. The lowest BCUT2D eigenvalue weighted by Crippen LogP contribution is -2.34. The summed E-state index contributed by atoms with van der Waals surface area (Å²) in [5, 5.41) is 13.9. The molecule has 1 fully saturated rings. The zero-order chi connectivity index (χ0) is 13.8. The van der Waals surface area contributed by atoms with Gasteiger partial charge in [-0.1, -0.05) is 0 Å². The van der Waals surface area contributed by atoms with Crippen LogP contribution in [-0.2, 0) is 9.47 Å². The van der Waals surface area contributed by atoms with Crippen molar-refractivity contribution in [2.24, 2.45) is 0 Å². The van der Waals surface area contributed by atoms with E-state index in [1.165, 1.54) is 6.20 Å². The van der Waals surface area contributed by atoms with Gasteiger partial charge in [0.05, 0.1) is 35.3 Å². The molecule has 1 N–H and O–H groups in total. The average Bonchev–Trinajstić information content (AvgIpc) is 2.41. The summed E-state index contributed by atoms with van der Waals surface area (Å²) in [6.45, 7) is 3.96. The van der Waals surface area contributed by atoms with Crippen LogP contribution < -0.4 is 5.32 Å². The van der Waals surface area contributed by atoms with Gasteiger partial charge >= 0.3 is 0 Å². The first-order valence-electron chi connectivity index (χ1n) is 5.82. The summed E-state index contributed by atoms with van der Waals surface area (Å²) in [6.07, 6.45) is 1.22. The third kappa shape index (κ3) is 3.40. The first-order chi connectivity index (χ1) is 9.09. The van der Waals surface area contributed by atoms with Crippen molar-refractivity contribution in [3.8, 4) is 0 Å². The molecule has 8 heteroatoms. The number of nitrogens with one attached hydrogen (secondary N) is 1. The van der Waals surface area contributed by atoms with E-state index < -0.39 is 4.92 Å². The van der Waals surface area contributed by atoms with Gasteiger partial charge in [-0.15, -0.1) is 0 Å². The number of halogens is 1. The quantitative estimate of drug-likeness (QED) is 0.669. The smallest absolute Gasteiger partial charge is 0.291 e. The predicted octanol–water partition coefficient (Wildman–Crippen LogP) is 1.89. The van der Waals surface area contributed by atoms with Gasteiger partial charge < -0.3 is 14.8 Å². The largest absolute Gasteiger partial charge is 0.376 e. The van der Waals surface area contributed by atoms with Crippen LogP contribution in [0.1, 0.15) is 5.56 Å². The Hall–Kier alpha value is -1.25. The van der Waals surface area contributed by atoms with Gasteiger partial charge in [0.25, 0.3) is 5.69 Å². The zero-order valence-electron chi connectivity index (χ0n) is 10.4. The van der Waals surface area contributed by atoms with Crippen molar-refractivity contribution in [2.75, 3.05) is 31.7 Å². The van der Waals surface area contributed by atoms with Crippen LogP contribution in [0.25, 0.3) is 0 Å². The normalized spacial score (nSPS) is 19.2. The molecular formula is C11H14BrN3O4. The fraction of sp³-hybridized carbons (Fsp3) is 0.545. The molecule has 1 aromatic rings. The molecule has 0 radical (unpaired) electrons. The fourth-order valence-corrected chi connectivity index (χ4v) is 2.19. The van der Waals surface area contributed by atoms with E-state index in [0.717, 1.165) is 0 Å². The standard InChI is InChI=1S/C11H14BrN3O4/c1-7-9(15(16)17)5-14-11(10(7)12)13-4-8-6-18-2-3-19-8/h5,8H,2-4,6H2,1H3,(H,13,14). The predicted molar refractivity (Wildman–Crippen MR) is 72.4 cm³/mol. The SMILES string of the molecule is Cc1c([N+](=O)[O-])cnc(NCC2COCCO2)c1Br. The molecule has 0 aromatic carbocycles. The average molecular weight is 332 g/mol. The van der Waals surface area contributed by atoms with Crippen LogP contribution in [-0.4, -0.2) is 42.4 Å². The van der Waals surface area contributed by atoms with Crippen LogP contribution in [0, 0.1) is 17.0 Å². The van der Waals surface area contributed by atoms with Crippen LogP contribution in [0.2, 0.25) is 0 Å². The minimum atomic E-state index is -0.449. The Morgan fingerprint density at radius 3 is 3.05 bits per heavy atom. The Bertz CT molecular complexity index is 477. The van der Waals surface area contributed by atoms with E-state index >= 15 is 0 Å². The molecule has 0 amide bonds. The van der Waals surface area contributed by atoms with E-state index in [2.05, 4.69) is 26.2 Å². The van der Waals surface area contributed by atoms with E-state index in [1.54, 1.807) is 6.92 Å². The molecule has 1 saturated heterocycles. The van der Waals surface area contributed by atoms with Crippen molar-refractivity contribution in [3.63, 3.8) is 0 Å². The van der Waals surface area contributed by atoms with Gasteiger partial charge in [0, 0.05) is 12.1 Å². The first-order valence-corrected chi connectivity index (χ1v) is 6.61. The summed E-state index contributed by atoms with van der Waals surface area (Å²) >= 11 is 3.32. The molecule has 0 spiro atoms. The number of anilines is 1. The summed E-state index contributed by atoms with van der Waals surface area (Å²) in [5.41, 5.74) is 0.540. The molecule has 19 heavy (non-hydrogen) atoms. The van der Waals surface area contributed by atoms with Gasteiger partial charge in [0.2, 0.25) is 0 Å². The van der Waals surface area contributed by atoms with Crippen molar-refractivity contribution < 1.29 is 14.4 Å². The minimum Gasteiger partial charge on any atom is -0.376 e. The van der Waals surface area contributed by atoms with E-state index in [9.17, 15) is 10.1 Å². The number of pyridine rings is 1. The van der Waals surface area contributed by atoms with Crippen molar-refractivity contribution in [2.45, 2.75) is 13.0 Å². The van der Waals surface area contributed by atoms with Gasteiger partial charge in [-0.2, -0.15) is 0 Å². The van der Waals surface area contributed by atoms with Crippen LogP contribution in [0.5, 0.6) is 0 Å². The van der Waals surface area contributed by atoms with Crippen LogP contribution >= 0.6 is 15.9 Å². The van der Waals surface area contributed by atoms with Gasteiger partial charge in [0.15, 0.2) is 0 Å². The lowest BCUT2D eigenvalue weighted by atomic mass is 10.2. The summed E-state index contributed by atoms with van der Waals surface area (Å²) in [4.78, 5) is 14.4. The second-order valence-corrected chi connectivity index (χ2v) is 4.93.